The lowest BCUT2D eigenvalue weighted by molar-refractivity contribution is -0.115. The van der Waals surface area contributed by atoms with Crippen LogP contribution in [0, 0.1) is 0 Å². The summed E-state index contributed by atoms with van der Waals surface area (Å²) in [5, 5.41) is 8.92. The summed E-state index contributed by atoms with van der Waals surface area (Å²) in [4.78, 5) is 10.6. The molecule has 1 rings (SSSR count). The molecule has 0 radical (unpaired) electrons. The third-order valence-corrected chi connectivity index (χ3v) is 2.92. The summed E-state index contributed by atoms with van der Waals surface area (Å²) in [6.45, 7) is 4.96. The first-order valence-corrected chi connectivity index (χ1v) is 6.00. The van der Waals surface area contributed by atoms with Crippen LogP contribution < -0.4 is 5.73 Å². The standard InChI is InChI=1S/C9H16N4OS/c1-3-5-8-11-12-9(13(8)4-2)15-6-7(10)14/h3-6H2,1-2H3,(H2,10,14). The predicted octanol–water partition coefficient (Wildman–Crippen LogP) is 0.828. The van der Waals surface area contributed by atoms with Gasteiger partial charge in [-0.25, -0.2) is 0 Å². The summed E-state index contributed by atoms with van der Waals surface area (Å²) < 4.78 is 2.02. The SMILES string of the molecule is CCCc1nnc(SCC(N)=O)n1CC. The zero-order valence-electron chi connectivity index (χ0n) is 9.06. The van der Waals surface area contributed by atoms with Crippen LogP contribution in [0.2, 0.25) is 0 Å². The number of aromatic nitrogens is 3. The van der Waals surface area contributed by atoms with Crippen molar-refractivity contribution in [1.29, 1.82) is 0 Å². The molecule has 1 amide bonds. The molecule has 15 heavy (non-hydrogen) atoms. The van der Waals surface area contributed by atoms with Crippen molar-refractivity contribution in [1.82, 2.24) is 14.8 Å². The van der Waals surface area contributed by atoms with Gasteiger partial charge in [0.1, 0.15) is 5.82 Å². The lowest BCUT2D eigenvalue weighted by Gasteiger charge is -2.05. The van der Waals surface area contributed by atoms with Crippen LogP contribution in [0.1, 0.15) is 26.1 Å². The van der Waals surface area contributed by atoms with Crippen molar-refractivity contribution in [3.63, 3.8) is 0 Å². The van der Waals surface area contributed by atoms with Gasteiger partial charge in [-0.3, -0.25) is 4.79 Å². The first-order chi connectivity index (χ1) is 7.19. The summed E-state index contributed by atoms with van der Waals surface area (Å²) in [7, 11) is 0. The maximum atomic E-state index is 10.6. The smallest absolute Gasteiger partial charge is 0.227 e. The number of hydrogen-bond donors (Lipinski definition) is 1. The lowest BCUT2D eigenvalue weighted by Crippen LogP contribution is -2.14. The van der Waals surface area contributed by atoms with Crippen LogP contribution in [0.25, 0.3) is 0 Å². The normalized spacial score (nSPS) is 10.5. The summed E-state index contributed by atoms with van der Waals surface area (Å²) in [5.41, 5.74) is 5.08. The second-order valence-electron chi connectivity index (χ2n) is 3.15. The number of hydrogen-bond acceptors (Lipinski definition) is 4. The Hall–Kier alpha value is -1.04. The van der Waals surface area contributed by atoms with Crippen LogP contribution in [-0.2, 0) is 17.8 Å². The first kappa shape index (κ1) is 12.0. The number of nitrogens with two attached hydrogens (primary N) is 1. The van der Waals surface area contributed by atoms with Gasteiger partial charge in [0, 0.05) is 13.0 Å². The van der Waals surface area contributed by atoms with Gasteiger partial charge in [-0.15, -0.1) is 10.2 Å². The van der Waals surface area contributed by atoms with Crippen LogP contribution in [-0.4, -0.2) is 26.4 Å². The lowest BCUT2D eigenvalue weighted by atomic mass is 10.3. The van der Waals surface area contributed by atoms with Crippen molar-refractivity contribution >= 4 is 17.7 Å². The molecule has 0 unspecified atom stereocenters. The summed E-state index contributed by atoms with van der Waals surface area (Å²) in [6, 6.07) is 0. The largest absolute Gasteiger partial charge is 0.369 e. The minimum absolute atomic E-state index is 0.254. The fourth-order valence-corrected chi connectivity index (χ4v) is 2.05. The Morgan fingerprint density at radius 1 is 1.47 bits per heavy atom. The second kappa shape index (κ2) is 5.75. The molecule has 0 aliphatic carbocycles. The zero-order valence-corrected chi connectivity index (χ0v) is 9.88. The van der Waals surface area contributed by atoms with Crippen molar-refractivity contribution in [3.05, 3.63) is 5.82 Å². The molecular formula is C9H16N4OS. The molecular weight excluding hydrogens is 212 g/mol. The molecule has 1 aromatic heterocycles. The van der Waals surface area contributed by atoms with Crippen LogP contribution in [0.3, 0.4) is 0 Å². The Kier molecular flexibility index (Phi) is 4.61. The Morgan fingerprint density at radius 3 is 2.73 bits per heavy atom. The summed E-state index contributed by atoms with van der Waals surface area (Å²) >= 11 is 1.34. The number of carbonyl (C=O) groups is 1. The van der Waals surface area contributed by atoms with Crippen molar-refractivity contribution in [2.45, 2.75) is 38.4 Å². The molecule has 5 nitrogen and oxygen atoms in total. The van der Waals surface area contributed by atoms with E-state index in [4.69, 9.17) is 5.73 Å². The highest BCUT2D eigenvalue weighted by molar-refractivity contribution is 7.99. The highest BCUT2D eigenvalue weighted by atomic mass is 32.2. The maximum absolute atomic E-state index is 10.6. The van der Waals surface area contributed by atoms with Gasteiger partial charge < -0.3 is 10.3 Å². The quantitative estimate of drug-likeness (QED) is 0.732. The van der Waals surface area contributed by atoms with Gasteiger partial charge in [0.15, 0.2) is 5.16 Å². The predicted molar refractivity (Wildman–Crippen MR) is 59.6 cm³/mol. The number of amides is 1. The minimum Gasteiger partial charge on any atom is -0.369 e. The molecule has 0 aliphatic heterocycles. The number of primary amides is 1. The van der Waals surface area contributed by atoms with Gasteiger partial charge in [0.05, 0.1) is 5.75 Å². The molecule has 0 atom stereocenters. The van der Waals surface area contributed by atoms with E-state index in [1.165, 1.54) is 11.8 Å². The molecule has 0 aliphatic rings. The van der Waals surface area contributed by atoms with Crippen molar-refractivity contribution < 1.29 is 4.79 Å². The fraction of sp³-hybridized carbons (Fsp3) is 0.667. The van der Waals surface area contributed by atoms with Gasteiger partial charge in [0.2, 0.25) is 5.91 Å². The topological polar surface area (TPSA) is 73.8 Å². The summed E-state index contributed by atoms with van der Waals surface area (Å²) in [6.07, 6.45) is 1.95. The van der Waals surface area contributed by atoms with Gasteiger partial charge in [-0.2, -0.15) is 0 Å². The Labute approximate surface area is 93.4 Å². The Balaban J connectivity index is 2.74. The molecule has 6 heteroatoms. The van der Waals surface area contributed by atoms with E-state index >= 15 is 0 Å². The third-order valence-electron chi connectivity index (χ3n) is 1.93. The van der Waals surface area contributed by atoms with Crippen molar-refractivity contribution in [2.75, 3.05) is 5.75 Å². The number of thioether (sulfide) groups is 1. The number of rotatable bonds is 6. The second-order valence-corrected chi connectivity index (χ2v) is 4.09. The zero-order chi connectivity index (χ0) is 11.3. The van der Waals surface area contributed by atoms with Gasteiger partial charge >= 0.3 is 0 Å². The van der Waals surface area contributed by atoms with E-state index in [9.17, 15) is 4.79 Å². The summed E-state index contributed by atoms with van der Waals surface area (Å²) in [5.74, 6) is 0.902. The Morgan fingerprint density at radius 2 is 2.20 bits per heavy atom. The van der Waals surface area contributed by atoms with Crippen LogP contribution >= 0.6 is 11.8 Å². The van der Waals surface area contributed by atoms with E-state index in [-0.39, 0.29) is 11.7 Å². The monoisotopic (exact) mass is 228 g/mol. The molecule has 1 aromatic rings. The molecule has 0 fully saturated rings. The van der Waals surface area contributed by atoms with E-state index in [0.717, 1.165) is 30.4 Å². The Bertz CT molecular complexity index is 337. The average molecular weight is 228 g/mol. The molecule has 1 heterocycles. The molecule has 2 N–H and O–H groups in total. The van der Waals surface area contributed by atoms with Gasteiger partial charge in [0.25, 0.3) is 0 Å². The fourth-order valence-electron chi connectivity index (χ4n) is 1.29. The number of aryl methyl sites for hydroxylation is 1. The molecule has 0 aromatic carbocycles. The molecule has 0 bridgehead atoms. The molecule has 84 valence electrons. The third kappa shape index (κ3) is 3.23. The molecule has 0 spiro atoms. The van der Waals surface area contributed by atoms with Crippen LogP contribution in [0.4, 0.5) is 0 Å². The van der Waals surface area contributed by atoms with Crippen molar-refractivity contribution in [3.8, 4) is 0 Å². The first-order valence-electron chi connectivity index (χ1n) is 5.02. The molecule has 0 saturated carbocycles. The van der Waals surface area contributed by atoms with Gasteiger partial charge in [-0.05, 0) is 13.3 Å². The van der Waals surface area contributed by atoms with E-state index in [1.807, 2.05) is 11.5 Å². The van der Waals surface area contributed by atoms with E-state index < -0.39 is 0 Å². The van der Waals surface area contributed by atoms with E-state index in [2.05, 4.69) is 17.1 Å². The highest BCUT2D eigenvalue weighted by Gasteiger charge is 2.10. The molecule has 0 saturated heterocycles. The average Bonchev–Trinajstić information content (AvgIpc) is 2.58. The van der Waals surface area contributed by atoms with Crippen LogP contribution in [0.5, 0.6) is 0 Å². The highest BCUT2D eigenvalue weighted by Crippen LogP contribution is 2.17. The van der Waals surface area contributed by atoms with Gasteiger partial charge in [-0.1, -0.05) is 18.7 Å². The maximum Gasteiger partial charge on any atom is 0.227 e. The van der Waals surface area contributed by atoms with Crippen LogP contribution in [0.15, 0.2) is 5.16 Å². The number of nitrogens with zero attached hydrogens (tertiary/aromatic N) is 3. The number of carbonyl (C=O) groups excluding carboxylic acids is 1. The van der Waals surface area contributed by atoms with Crippen molar-refractivity contribution in [2.24, 2.45) is 5.73 Å². The van der Waals surface area contributed by atoms with E-state index in [1.54, 1.807) is 0 Å². The van der Waals surface area contributed by atoms with E-state index in [0.29, 0.717) is 0 Å². The minimum atomic E-state index is -0.331.